The number of nitrogens with two attached hydrogens (primary N) is 2. The molecule has 0 saturated carbocycles. The van der Waals surface area contributed by atoms with Gasteiger partial charge in [-0.25, -0.2) is 0 Å². The summed E-state index contributed by atoms with van der Waals surface area (Å²) in [6.07, 6.45) is -29.4. The number of aliphatic hydroxyl groups is 16. The number of ether oxygens (including phenoxy) is 8. The number of unbranched alkanes of at least 4 members (excludes halogenated alkanes) is 4. The Labute approximate surface area is 472 Å². The molecule has 0 bridgehead atoms. The van der Waals surface area contributed by atoms with Crippen molar-refractivity contribution in [2.75, 3.05) is 92.1 Å². The van der Waals surface area contributed by atoms with Crippen molar-refractivity contribution in [3.63, 3.8) is 0 Å². The van der Waals surface area contributed by atoms with Crippen LogP contribution < -0.4 is 11.5 Å². The second-order valence-electron chi connectivity index (χ2n) is 20.6. The zero-order valence-electron chi connectivity index (χ0n) is 45.6. The number of amides is 4. The molecular formula is C49H89N5O28. The summed E-state index contributed by atoms with van der Waals surface area (Å²) in [6.45, 7) is -4.24. The second-order valence-corrected chi connectivity index (χ2v) is 20.6. The zero-order chi connectivity index (χ0) is 60.8. The van der Waals surface area contributed by atoms with E-state index in [0.717, 1.165) is 0 Å². The van der Waals surface area contributed by atoms with Crippen molar-refractivity contribution in [2.45, 2.75) is 193 Å². The molecule has 0 aliphatic carbocycles. The summed E-state index contributed by atoms with van der Waals surface area (Å²) in [7, 11) is 0. The van der Waals surface area contributed by atoms with Gasteiger partial charge in [-0.3, -0.25) is 19.2 Å². The summed E-state index contributed by atoms with van der Waals surface area (Å²) in [6, 6.07) is -1.08. The molecule has 33 heteroatoms. The van der Waals surface area contributed by atoms with Gasteiger partial charge in [0.05, 0.1) is 58.9 Å². The highest BCUT2D eigenvalue weighted by Crippen LogP contribution is 2.26. The topological polar surface area (TPSA) is 528 Å². The minimum Gasteiger partial charge on any atom is -0.394 e. The van der Waals surface area contributed by atoms with Crippen LogP contribution in [0.2, 0.25) is 0 Å². The quantitative estimate of drug-likeness (QED) is 0.0259. The van der Waals surface area contributed by atoms with Crippen LogP contribution >= 0.6 is 0 Å². The molecule has 4 rings (SSSR count). The highest BCUT2D eigenvalue weighted by atomic mass is 16.7. The van der Waals surface area contributed by atoms with Crippen LogP contribution in [0.1, 0.15) is 64.2 Å². The van der Waals surface area contributed by atoms with E-state index in [1.807, 2.05) is 0 Å². The van der Waals surface area contributed by atoms with E-state index in [1.165, 1.54) is 14.7 Å². The van der Waals surface area contributed by atoms with E-state index in [-0.39, 0.29) is 91.4 Å². The molecule has 4 fully saturated rings. The minimum absolute atomic E-state index is 0.0280. The molecule has 20 N–H and O–H groups in total. The maximum Gasteiger partial charge on any atom is 0.239 e. The molecule has 0 aromatic carbocycles. The molecule has 4 saturated heterocycles. The average Bonchev–Trinajstić information content (AvgIpc) is 3.57. The van der Waals surface area contributed by atoms with Gasteiger partial charge in [-0.15, -0.1) is 0 Å². The molecule has 0 spiro atoms. The summed E-state index contributed by atoms with van der Waals surface area (Å²) in [5.41, 5.74) is 11.5. The summed E-state index contributed by atoms with van der Waals surface area (Å²) < 4.78 is 43.9. The van der Waals surface area contributed by atoms with Crippen LogP contribution in [-0.4, -0.2) is 341 Å². The first-order valence-corrected chi connectivity index (χ1v) is 27.6. The molecule has 0 radical (unpaired) electrons. The number of aliphatic hydroxyl groups excluding tert-OH is 16. The van der Waals surface area contributed by atoms with Crippen molar-refractivity contribution in [3.05, 3.63) is 0 Å². The summed E-state index contributed by atoms with van der Waals surface area (Å²) in [5, 5.41) is 161. The van der Waals surface area contributed by atoms with Crippen LogP contribution in [0.5, 0.6) is 0 Å². The Hall–Kier alpha value is -3.12. The Balaban J connectivity index is 1.33. The third kappa shape index (κ3) is 20.8. The van der Waals surface area contributed by atoms with Crippen molar-refractivity contribution in [1.29, 1.82) is 0 Å². The maximum atomic E-state index is 13.7. The molecule has 82 heavy (non-hydrogen) atoms. The SMILES string of the molecule is NC(=O)CC[C@H](N)C(=O)N(CCCCCC(=O)N(CCO[C@H]1O[C@H](CO)[C@@H](O)[C@H](O)[C@@H]1O)CCO[C@H]1O[C@H](CO)[C@@H](O)[C@H](O)[C@@H]1O)CCCCCC(=O)N(CCO[C@H]1O[C@H](CO)[C@@H](O)[C@H](O)[C@@H]1O)CCO[C@H]1O[C@H](CO)[C@@H](O)[C@H](O)[C@@H]1O. The lowest BCUT2D eigenvalue weighted by Crippen LogP contribution is -2.59. The highest BCUT2D eigenvalue weighted by molar-refractivity contribution is 5.83. The van der Waals surface area contributed by atoms with E-state index < -0.39 is 179 Å². The number of hydrogen-bond donors (Lipinski definition) is 18. The van der Waals surface area contributed by atoms with E-state index in [0.29, 0.717) is 38.5 Å². The fraction of sp³-hybridized carbons (Fsp3) is 0.918. The Bertz CT molecular complexity index is 1670. The first kappa shape index (κ1) is 71.4. The van der Waals surface area contributed by atoms with Crippen LogP contribution in [-0.2, 0) is 57.1 Å². The number of hydrogen-bond acceptors (Lipinski definition) is 29. The van der Waals surface area contributed by atoms with Gasteiger partial charge in [-0.05, 0) is 32.1 Å². The molecule has 4 heterocycles. The number of rotatable bonds is 36. The van der Waals surface area contributed by atoms with Crippen molar-refractivity contribution in [3.8, 4) is 0 Å². The monoisotopic (exact) mass is 1200 g/mol. The summed E-state index contributed by atoms with van der Waals surface area (Å²) in [4.78, 5) is 56.7. The van der Waals surface area contributed by atoms with E-state index in [4.69, 9.17) is 49.4 Å². The molecule has 4 aliphatic rings. The van der Waals surface area contributed by atoms with Gasteiger partial charge >= 0.3 is 0 Å². The number of carbonyl (C=O) groups excluding carboxylic acids is 4. The predicted molar refractivity (Wildman–Crippen MR) is 272 cm³/mol. The van der Waals surface area contributed by atoms with Crippen LogP contribution in [0.3, 0.4) is 0 Å². The standard InChI is InChI=1S/C49H89N5O28/c50-25(9-10-30(51)59)45(74)54(11-5-1-3-7-31(60)52(13-17-75-46-41(70)37(66)33(62)26(21-55)79-46)14-18-76-47-42(71)38(67)34(63)27(22-56)80-47)12-6-2-4-8-32(61)53(15-19-77-48-43(72)39(68)35(64)28(23-57)81-48)16-20-78-49-44(73)40(69)36(65)29(24-58)82-49/h25-29,33-44,46-49,55-58,62-73H,1-24,50H2,(H2,51,59)/t25-,26+,27+,28+,29+,33+,34+,35+,36+,37-,38-,39-,40-,41-,42-,43-,44-,46-,47-,48-,49-/m0/s1. The third-order valence-electron chi connectivity index (χ3n) is 14.6. The van der Waals surface area contributed by atoms with Gasteiger partial charge < -0.3 is 146 Å². The van der Waals surface area contributed by atoms with E-state index >= 15 is 0 Å². The molecule has 0 aromatic heterocycles. The largest absolute Gasteiger partial charge is 0.394 e. The van der Waals surface area contributed by atoms with Gasteiger partial charge in [0.2, 0.25) is 23.6 Å². The molecule has 0 aromatic rings. The van der Waals surface area contributed by atoms with Gasteiger partial charge in [-0.1, -0.05) is 12.8 Å². The van der Waals surface area contributed by atoms with Crippen molar-refractivity contribution in [2.24, 2.45) is 11.5 Å². The summed E-state index contributed by atoms with van der Waals surface area (Å²) in [5.74, 6) is -1.98. The fourth-order valence-electron chi connectivity index (χ4n) is 9.47. The van der Waals surface area contributed by atoms with Crippen LogP contribution in [0.4, 0.5) is 0 Å². The molecule has 33 nitrogen and oxygen atoms in total. The first-order valence-electron chi connectivity index (χ1n) is 27.6. The van der Waals surface area contributed by atoms with Crippen molar-refractivity contribution >= 4 is 23.6 Å². The van der Waals surface area contributed by atoms with E-state index in [9.17, 15) is 101 Å². The smallest absolute Gasteiger partial charge is 0.239 e. The summed E-state index contributed by atoms with van der Waals surface area (Å²) >= 11 is 0. The highest BCUT2D eigenvalue weighted by Gasteiger charge is 2.47. The Morgan fingerprint density at radius 2 is 0.659 bits per heavy atom. The molecule has 21 atom stereocenters. The van der Waals surface area contributed by atoms with Gasteiger partial charge in [0.1, 0.15) is 97.7 Å². The molecule has 478 valence electrons. The number of nitrogens with zero attached hydrogens (tertiary/aromatic N) is 3. The first-order chi connectivity index (χ1) is 39.0. The lowest BCUT2D eigenvalue weighted by atomic mass is 9.99. The minimum atomic E-state index is -1.72. The van der Waals surface area contributed by atoms with Gasteiger partial charge in [-0.2, -0.15) is 0 Å². The second kappa shape index (κ2) is 36.1. The Morgan fingerprint density at radius 1 is 0.378 bits per heavy atom. The maximum absolute atomic E-state index is 13.7. The molecule has 4 aliphatic heterocycles. The zero-order valence-corrected chi connectivity index (χ0v) is 45.6. The third-order valence-corrected chi connectivity index (χ3v) is 14.6. The normalized spacial score (nSPS) is 34.5. The van der Waals surface area contributed by atoms with E-state index in [2.05, 4.69) is 0 Å². The molecule has 0 unspecified atom stereocenters. The predicted octanol–water partition coefficient (Wildman–Crippen LogP) is -10.5. The van der Waals surface area contributed by atoms with Crippen molar-refractivity contribution in [1.82, 2.24) is 14.7 Å². The lowest BCUT2D eigenvalue weighted by Gasteiger charge is -2.40. The van der Waals surface area contributed by atoms with Crippen LogP contribution in [0.25, 0.3) is 0 Å². The van der Waals surface area contributed by atoms with E-state index in [1.54, 1.807) is 0 Å². The lowest BCUT2D eigenvalue weighted by molar-refractivity contribution is -0.303. The molecule has 4 amide bonds. The fourth-order valence-corrected chi connectivity index (χ4v) is 9.47. The van der Waals surface area contributed by atoms with Crippen LogP contribution in [0, 0.1) is 0 Å². The van der Waals surface area contributed by atoms with Gasteiger partial charge in [0, 0.05) is 58.5 Å². The van der Waals surface area contributed by atoms with Gasteiger partial charge in [0.15, 0.2) is 25.2 Å². The average molecular weight is 1200 g/mol. The Kier molecular flexibility index (Phi) is 31.4. The molecular weight excluding hydrogens is 1110 g/mol. The van der Waals surface area contributed by atoms with Crippen LogP contribution in [0.15, 0.2) is 0 Å². The number of primary amides is 1. The number of carbonyl (C=O) groups is 4. The van der Waals surface area contributed by atoms with Crippen molar-refractivity contribution < 1.29 is 139 Å². The van der Waals surface area contributed by atoms with Gasteiger partial charge in [0.25, 0.3) is 0 Å². The Morgan fingerprint density at radius 3 is 0.915 bits per heavy atom.